The first-order chi connectivity index (χ1) is 18.1. The molecule has 0 unspecified atom stereocenters. The van der Waals surface area contributed by atoms with Crippen LogP contribution in [0.5, 0.6) is 0 Å². The van der Waals surface area contributed by atoms with E-state index in [4.69, 9.17) is 9.05 Å². The third-order valence-corrected chi connectivity index (χ3v) is 7.42. The van der Waals surface area contributed by atoms with Crippen molar-refractivity contribution in [1.29, 1.82) is 0 Å². The number of benzene rings is 4. The largest absolute Gasteiger partial charge is 0.698 e. The molecular formula is C34H38O3P+. The number of rotatable bonds is 8. The van der Waals surface area contributed by atoms with Gasteiger partial charge in [-0.25, -0.2) is 0 Å². The van der Waals surface area contributed by atoms with E-state index in [1.165, 1.54) is 22.3 Å². The molecule has 0 aliphatic rings. The second-order valence-electron chi connectivity index (χ2n) is 11.7. The fourth-order valence-electron chi connectivity index (χ4n) is 4.84. The van der Waals surface area contributed by atoms with Crippen molar-refractivity contribution in [2.45, 2.75) is 65.6 Å². The molecule has 0 bridgehead atoms. The zero-order chi connectivity index (χ0) is 27.3. The fourth-order valence-corrected chi connectivity index (χ4v) is 5.41. The summed E-state index contributed by atoms with van der Waals surface area (Å²) in [6, 6.07) is 33.2. The summed E-state index contributed by atoms with van der Waals surface area (Å²) in [5.74, 6) is 0. The van der Waals surface area contributed by atoms with Crippen LogP contribution in [-0.4, -0.2) is 0 Å². The van der Waals surface area contributed by atoms with Crippen LogP contribution in [0.3, 0.4) is 0 Å². The predicted molar refractivity (Wildman–Crippen MR) is 158 cm³/mol. The molecule has 0 radical (unpaired) electrons. The Morgan fingerprint density at radius 3 is 1.18 bits per heavy atom. The van der Waals surface area contributed by atoms with E-state index in [1.807, 2.05) is 36.4 Å². The van der Waals surface area contributed by atoms with E-state index in [1.54, 1.807) is 0 Å². The molecule has 4 heteroatoms. The first kappa shape index (κ1) is 27.9. The molecule has 0 saturated carbocycles. The normalized spacial score (nSPS) is 11.9. The minimum Gasteiger partial charge on any atom is -0.114 e. The minimum atomic E-state index is -2.30. The average molecular weight is 526 g/mol. The van der Waals surface area contributed by atoms with Crippen molar-refractivity contribution in [3.05, 3.63) is 119 Å². The Balaban J connectivity index is 1.49. The second-order valence-corrected chi connectivity index (χ2v) is 12.6. The molecule has 0 heterocycles. The first-order valence-electron chi connectivity index (χ1n) is 13.1. The van der Waals surface area contributed by atoms with E-state index in [-0.39, 0.29) is 24.0 Å². The van der Waals surface area contributed by atoms with Gasteiger partial charge >= 0.3 is 8.25 Å². The molecule has 0 N–H and O–H groups in total. The topological polar surface area (TPSA) is 35.5 Å². The molecule has 3 nitrogen and oxygen atoms in total. The SMILES string of the molecule is CC(C)(C)c1ccccc1-c1ccccc1CO[P+](=O)OCc1ccccc1-c1ccccc1C(C)(C)C. The van der Waals surface area contributed by atoms with Crippen molar-refractivity contribution in [1.82, 2.24) is 0 Å². The van der Waals surface area contributed by atoms with Crippen molar-refractivity contribution < 1.29 is 13.6 Å². The van der Waals surface area contributed by atoms with Gasteiger partial charge in [-0.3, -0.25) is 0 Å². The quantitative estimate of drug-likeness (QED) is 0.215. The van der Waals surface area contributed by atoms with Crippen molar-refractivity contribution >= 4 is 8.25 Å². The summed E-state index contributed by atoms with van der Waals surface area (Å²) in [4.78, 5) is 0. The third-order valence-electron chi connectivity index (χ3n) is 6.74. The summed E-state index contributed by atoms with van der Waals surface area (Å²) in [6.45, 7) is 13.7. The van der Waals surface area contributed by atoms with Gasteiger partial charge in [0.15, 0.2) is 0 Å². The molecule has 4 aromatic carbocycles. The Morgan fingerprint density at radius 1 is 0.500 bits per heavy atom. The second kappa shape index (κ2) is 11.7. The molecule has 4 rings (SSSR count). The Labute approximate surface area is 228 Å². The summed E-state index contributed by atoms with van der Waals surface area (Å²) in [7, 11) is -2.30. The molecule has 0 fully saturated rings. The van der Waals surface area contributed by atoms with E-state index in [2.05, 4.69) is 102 Å². The molecule has 38 heavy (non-hydrogen) atoms. The van der Waals surface area contributed by atoms with E-state index in [0.29, 0.717) is 0 Å². The first-order valence-corrected chi connectivity index (χ1v) is 14.2. The summed E-state index contributed by atoms with van der Waals surface area (Å²) >= 11 is 0. The molecule has 4 aromatic rings. The fraction of sp³-hybridized carbons (Fsp3) is 0.294. The summed E-state index contributed by atoms with van der Waals surface area (Å²) in [6.07, 6.45) is 0. The molecule has 196 valence electrons. The Kier molecular flexibility index (Phi) is 8.63. The van der Waals surface area contributed by atoms with Crippen LogP contribution in [0.4, 0.5) is 0 Å². The van der Waals surface area contributed by atoms with Crippen molar-refractivity contribution in [3.8, 4) is 22.3 Å². The Hall–Kier alpha value is -3.10. The van der Waals surface area contributed by atoms with E-state index in [0.717, 1.165) is 22.3 Å². The van der Waals surface area contributed by atoms with E-state index in [9.17, 15) is 4.57 Å². The Bertz CT molecular complexity index is 1300. The van der Waals surface area contributed by atoms with Gasteiger partial charge in [-0.05, 0) is 55.3 Å². The van der Waals surface area contributed by atoms with E-state index < -0.39 is 8.25 Å². The van der Waals surface area contributed by atoms with Crippen molar-refractivity contribution in [2.24, 2.45) is 0 Å². The van der Waals surface area contributed by atoms with Gasteiger partial charge in [-0.15, -0.1) is 9.05 Å². The Morgan fingerprint density at radius 2 is 0.816 bits per heavy atom. The van der Waals surface area contributed by atoms with Crippen LogP contribution in [0.2, 0.25) is 0 Å². The number of hydrogen-bond donors (Lipinski definition) is 0. The molecule has 0 spiro atoms. The maximum absolute atomic E-state index is 12.8. The molecule has 0 aromatic heterocycles. The number of hydrogen-bond acceptors (Lipinski definition) is 3. The highest BCUT2D eigenvalue weighted by molar-refractivity contribution is 7.33. The van der Waals surface area contributed by atoms with Crippen LogP contribution in [0.25, 0.3) is 22.3 Å². The van der Waals surface area contributed by atoms with Gasteiger partial charge in [0.05, 0.1) is 0 Å². The lowest BCUT2D eigenvalue weighted by atomic mass is 9.81. The highest BCUT2D eigenvalue weighted by atomic mass is 31.1. The monoisotopic (exact) mass is 525 g/mol. The predicted octanol–water partition coefficient (Wildman–Crippen LogP) is 10.0. The van der Waals surface area contributed by atoms with Gasteiger partial charge in [-0.1, -0.05) is 139 Å². The molecule has 0 atom stereocenters. The van der Waals surface area contributed by atoms with Crippen LogP contribution in [0.15, 0.2) is 97.1 Å². The summed E-state index contributed by atoms with van der Waals surface area (Å²) < 4.78 is 24.3. The van der Waals surface area contributed by atoms with Crippen molar-refractivity contribution in [3.63, 3.8) is 0 Å². The van der Waals surface area contributed by atoms with Crippen LogP contribution in [-0.2, 0) is 37.7 Å². The van der Waals surface area contributed by atoms with Crippen molar-refractivity contribution in [2.75, 3.05) is 0 Å². The highest BCUT2D eigenvalue weighted by Crippen LogP contribution is 2.38. The molecule has 0 aliphatic carbocycles. The standard InChI is InChI=1S/C34H38O3P/c1-33(2,3)31-21-13-11-19-29(31)27-17-9-7-15-25(27)23-36-38(35)37-24-26-16-8-10-18-28(26)30-20-12-14-22-32(30)34(4,5)6/h7-22H,23-24H2,1-6H3/q+1. The third kappa shape index (κ3) is 6.66. The van der Waals surface area contributed by atoms with E-state index >= 15 is 0 Å². The van der Waals surface area contributed by atoms with Gasteiger partial charge in [-0.2, -0.15) is 0 Å². The minimum absolute atomic E-state index is 0.00216. The van der Waals surface area contributed by atoms with Gasteiger partial charge in [0.25, 0.3) is 0 Å². The zero-order valence-electron chi connectivity index (χ0n) is 23.3. The molecule has 0 aliphatic heterocycles. The molecule has 0 saturated heterocycles. The maximum Gasteiger partial charge on any atom is 0.698 e. The van der Waals surface area contributed by atoms with Gasteiger partial charge in [0.2, 0.25) is 0 Å². The average Bonchev–Trinajstić information content (AvgIpc) is 2.90. The van der Waals surface area contributed by atoms with Crippen LogP contribution in [0.1, 0.15) is 63.8 Å². The van der Waals surface area contributed by atoms with Crippen LogP contribution >= 0.6 is 8.25 Å². The lowest BCUT2D eigenvalue weighted by Crippen LogP contribution is -2.13. The lowest BCUT2D eigenvalue weighted by molar-refractivity contribution is 0.213. The lowest BCUT2D eigenvalue weighted by Gasteiger charge is -2.24. The molecular weight excluding hydrogens is 487 g/mol. The molecule has 0 amide bonds. The van der Waals surface area contributed by atoms with Gasteiger partial charge in [0, 0.05) is 4.57 Å². The zero-order valence-corrected chi connectivity index (χ0v) is 24.2. The highest BCUT2D eigenvalue weighted by Gasteiger charge is 2.25. The summed E-state index contributed by atoms with van der Waals surface area (Å²) in [5.41, 5.74) is 9.00. The maximum atomic E-state index is 12.8. The van der Waals surface area contributed by atoms with Gasteiger partial charge < -0.3 is 0 Å². The van der Waals surface area contributed by atoms with Crippen LogP contribution in [0, 0.1) is 0 Å². The van der Waals surface area contributed by atoms with Crippen LogP contribution < -0.4 is 0 Å². The van der Waals surface area contributed by atoms with Gasteiger partial charge in [0.1, 0.15) is 13.2 Å². The summed E-state index contributed by atoms with van der Waals surface area (Å²) in [5, 5.41) is 0. The smallest absolute Gasteiger partial charge is 0.114 e.